The molecule has 0 amide bonds. The zero-order valence-corrected chi connectivity index (χ0v) is 21.6. The van der Waals surface area contributed by atoms with E-state index in [2.05, 4.69) is 71.9 Å². The van der Waals surface area contributed by atoms with Crippen molar-refractivity contribution in [3.8, 4) is 0 Å². The van der Waals surface area contributed by atoms with Gasteiger partial charge in [0, 0.05) is 62.1 Å². The highest BCUT2D eigenvalue weighted by atomic mass is 16.5. The zero-order chi connectivity index (χ0) is 26.2. The van der Waals surface area contributed by atoms with Gasteiger partial charge >= 0.3 is 5.97 Å². The average Bonchev–Trinajstić information content (AvgIpc) is 3.63. The van der Waals surface area contributed by atoms with Gasteiger partial charge in [-0.2, -0.15) is 0 Å². The number of Topliss-reactive ketones (excluding diaryl/α,β-unsaturated/α-hetero) is 1. The lowest BCUT2D eigenvalue weighted by molar-refractivity contribution is -0.141. The van der Waals surface area contributed by atoms with Crippen LogP contribution in [0.3, 0.4) is 0 Å². The van der Waals surface area contributed by atoms with E-state index in [1.165, 1.54) is 7.11 Å². The van der Waals surface area contributed by atoms with Gasteiger partial charge in [-0.25, -0.2) is 0 Å². The number of allylic oxidation sites excluding steroid dienone is 2. The molecule has 3 atom stereocenters. The Morgan fingerprint density at radius 2 is 1.81 bits per heavy atom. The number of methoxy groups -OCH3 is 1. The molecule has 1 fully saturated rings. The predicted octanol–water partition coefficient (Wildman–Crippen LogP) is 3.51. The highest BCUT2D eigenvalue weighted by Gasteiger charge is 2.47. The summed E-state index contributed by atoms with van der Waals surface area (Å²) in [5, 5.41) is 5.50. The van der Waals surface area contributed by atoms with E-state index in [0.717, 1.165) is 55.9 Å². The molecule has 0 saturated carbocycles. The molecule has 1 saturated heterocycles. The topological polar surface area (TPSA) is 103 Å². The van der Waals surface area contributed by atoms with Crippen LogP contribution in [0.25, 0.3) is 29.9 Å². The Bertz CT molecular complexity index is 1700. The smallest absolute Gasteiger partial charge is 0.321 e. The van der Waals surface area contributed by atoms with Crippen molar-refractivity contribution < 1.29 is 14.3 Å². The number of carbonyl (C=O) groups excluding carboxylic acids is 2. The van der Waals surface area contributed by atoms with Gasteiger partial charge in [0.2, 0.25) is 0 Å². The Kier molecular flexibility index (Phi) is 5.09. The quantitative estimate of drug-likeness (QED) is 0.323. The molecule has 188 valence electrons. The van der Waals surface area contributed by atoms with E-state index < -0.39 is 11.9 Å². The maximum atomic E-state index is 13.7. The Morgan fingerprint density at radius 3 is 2.54 bits per heavy atom. The van der Waals surface area contributed by atoms with Gasteiger partial charge < -0.3 is 25.0 Å². The van der Waals surface area contributed by atoms with Crippen LogP contribution in [-0.2, 0) is 9.53 Å². The molecular formula is C30H30N4O3. The molecule has 8 bridgehead atoms. The van der Waals surface area contributed by atoms with E-state index in [-0.39, 0.29) is 17.6 Å². The summed E-state index contributed by atoms with van der Waals surface area (Å²) in [4.78, 5) is 37.1. The minimum absolute atomic E-state index is 0.0620. The van der Waals surface area contributed by atoms with Gasteiger partial charge in [0.1, 0.15) is 5.92 Å². The number of esters is 1. The van der Waals surface area contributed by atoms with Gasteiger partial charge in [-0.15, -0.1) is 0 Å². The number of rotatable bonds is 2. The molecule has 3 aliphatic rings. The maximum Gasteiger partial charge on any atom is 0.321 e. The van der Waals surface area contributed by atoms with Crippen LogP contribution in [0.15, 0.2) is 30.1 Å². The second-order valence-corrected chi connectivity index (χ2v) is 10.3. The van der Waals surface area contributed by atoms with E-state index in [1.54, 1.807) is 0 Å². The van der Waals surface area contributed by atoms with Gasteiger partial charge in [0.25, 0.3) is 0 Å². The number of aromatic nitrogens is 3. The lowest BCUT2D eigenvalue weighted by Gasteiger charge is -2.16. The van der Waals surface area contributed by atoms with Crippen LogP contribution in [0.4, 0.5) is 0 Å². The number of fused-ring (bicyclic) bond motifs is 7. The summed E-state index contributed by atoms with van der Waals surface area (Å²) in [6.45, 7) is 12.3. The molecule has 0 aromatic carbocycles. The first-order chi connectivity index (χ1) is 17.7. The third-order valence-electron chi connectivity index (χ3n) is 8.15. The number of H-pyrrole nitrogens is 3. The summed E-state index contributed by atoms with van der Waals surface area (Å²) in [6, 6.07) is 4.16. The highest BCUT2D eigenvalue weighted by molar-refractivity contribution is 6.24. The van der Waals surface area contributed by atoms with Crippen molar-refractivity contribution in [3.63, 3.8) is 0 Å². The van der Waals surface area contributed by atoms with E-state index in [0.29, 0.717) is 16.8 Å². The molecule has 5 heterocycles. The summed E-state index contributed by atoms with van der Waals surface area (Å²) in [6.07, 6.45) is 8.06. The maximum absolute atomic E-state index is 13.7. The van der Waals surface area contributed by atoms with Gasteiger partial charge in [0.05, 0.1) is 12.8 Å². The van der Waals surface area contributed by atoms with Crippen LogP contribution in [0, 0.1) is 31.6 Å². The lowest BCUT2D eigenvalue weighted by Crippen LogP contribution is -2.24. The Morgan fingerprint density at radius 1 is 1.03 bits per heavy atom. The number of aryl methyl sites for hydroxylation is 1. The number of carbonyl (C=O) groups is 2. The van der Waals surface area contributed by atoms with Crippen molar-refractivity contribution in [2.45, 2.75) is 27.7 Å². The van der Waals surface area contributed by atoms with Crippen LogP contribution >= 0.6 is 0 Å². The molecule has 0 radical (unpaired) electrons. The third kappa shape index (κ3) is 3.34. The average molecular weight is 495 g/mol. The summed E-state index contributed by atoms with van der Waals surface area (Å²) in [5.41, 5.74) is 9.52. The molecule has 1 aliphatic carbocycles. The summed E-state index contributed by atoms with van der Waals surface area (Å²) < 4.78 is 5.10. The first-order valence-electron chi connectivity index (χ1n) is 12.5. The molecule has 3 aromatic heterocycles. The molecule has 7 heteroatoms. The minimum atomic E-state index is -0.993. The standard InChI is InChI=1S/C30H30N4O3/c1-7-17-9-19-11-21-14(3)15(4)27(33-21)25-26(30(36)37-6)29(35)24-16(5)22(34-28(24)25)10-18-8-13(2)20(31-18)12-23(17)32-19/h7-12,14-15,26,31-34H,1H2,2-6H3/b18-10-,20-12-,21-11-,27-25-/t14-,15-,26+/m0/s1. The van der Waals surface area contributed by atoms with E-state index in [4.69, 9.17) is 4.74 Å². The number of hydrogen-bond acceptors (Lipinski definition) is 4. The molecule has 7 nitrogen and oxygen atoms in total. The summed E-state index contributed by atoms with van der Waals surface area (Å²) >= 11 is 0. The van der Waals surface area contributed by atoms with Crippen molar-refractivity contribution in [2.75, 3.05) is 7.11 Å². The van der Waals surface area contributed by atoms with Gasteiger partial charge in [0.15, 0.2) is 5.78 Å². The van der Waals surface area contributed by atoms with Crippen molar-refractivity contribution in [1.29, 1.82) is 0 Å². The Hall–Kier alpha value is -4.26. The summed E-state index contributed by atoms with van der Waals surface area (Å²) in [7, 11) is 1.33. The first kappa shape index (κ1) is 23.2. The van der Waals surface area contributed by atoms with Gasteiger partial charge in [-0.05, 0) is 60.9 Å². The highest BCUT2D eigenvalue weighted by Crippen LogP contribution is 2.46. The molecule has 6 rings (SSSR count). The van der Waals surface area contributed by atoms with E-state index in [9.17, 15) is 9.59 Å². The number of aromatic amines is 3. The Labute approximate surface area is 214 Å². The SMILES string of the molecule is C=Cc1cc2[nH]c1/C=c1\[nH]/c(cc1C)=C\c1[nH]c3c(c1C)C(=O)[C@H](C(=O)OC)/C3=C1/N/C(=C\2)[C@@H](C)[C@@H]1C. The number of ketones is 1. The molecule has 37 heavy (non-hydrogen) atoms. The molecule has 0 unspecified atom stereocenters. The first-order valence-corrected chi connectivity index (χ1v) is 12.5. The molecule has 4 N–H and O–H groups in total. The fraction of sp³-hybridized carbons (Fsp3) is 0.267. The van der Waals surface area contributed by atoms with Gasteiger partial charge in [-0.3, -0.25) is 9.59 Å². The zero-order valence-electron chi connectivity index (χ0n) is 21.6. The second-order valence-electron chi connectivity index (χ2n) is 10.3. The monoisotopic (exact) mass is 494 g/mol. The number of ether oxygens (including phenoxy) is 1. The fourth-order valence-electron chi connectivity index (χ4n) is 5.87. The molecular weight excluding hydrogens is 464 g/mol. The number of hydrogen-bond donors (Lipinski definition) is 4. The second kappa shape index (κ2) is 8.13. The largest absolute Gasteiger partial charge is 0.468 e. The Balaban J connectivity index is 1.70. The van der Waals surface area contributed by atoms with Crippen molar-refractivity contribution >= 4 is 41.6 Å². The van der Waals surface area contributed by atoms with Crippen molar-refractivity contribution in [2.24, 2.45) is 17.8 Å². The number of nitrogens with one attached hydrogen (secondary N) is 4. The lowest BCUT2D eigenvalue weighted by atomic mass is 9.89. The van der Waals surface area contributed by atoms with Crippen LogP contribution < -0.4 is 16.0 Å². The molecule has 0 spiro atoms. The van der Waals surface area contributed by atoms with Crippen LogP contribution in [0.1, 0.15) is 63.7 Å². The van der Waals surface area contributed by atoms with Gasteiger partial charge in [-0.1, -0.05) is 26.5 Å². The normalized spacial score (nSPS) is 27.0. The van der Waals surface area contributed by atoms with Crippen LogP contribution in [-0.4, -0.2) is 33.8 Å². The summed E-state index contributed by atoms with van der Waals surface area (Å²) in [5.74, 6) is -1.55. The fourth-order valence-corrected chi connectivity index (χ4v) is 5.87. The van der Waals surface area contributed by atoms with E-state index in [1.807, 2.05) is 19.1 Å². The predicted molar refractivity (Wildman–Crippen MR) is 145 cm³/mol. The van der Waals surface area contributed by atoms with Crippen molar-refractivity contribution in [3.05, 3.63) is 85.8 Å². The molecule has 2 aliphatic heterocycles. The third-order valence-corrected chi connectivity index (χ3v) is 8.15. The van der Waals surface area contributed by atoms with Crippen molar-refractivity contribution in [1.82, 2.24) is 20.3 Å². The minimum Gasteiger partial charge on any atom is -0.468 e. The van der Waals surface area contributed by atoms with Crippen LogP contribution in [0.2, 0.25) is 0 Å². The van der Waals surface area contributed by atoms with Crippen LogP contribution in [0.5, 0.6) is 0 Å². The molecule has 3 aromatic rings. The van der Waals surface area contributed by atoms with E-state index >= 15 is 0 Å².